The fraction of sp³-hybridized carbons (Fsp3) is 0.462. The summed E-state index contributed by atoms with van der Waals surface area (Å²) in [5.41, 5.74) is 0.481. The molecule has 2 N–H and O–H groups in total. The molecule has 0 radical (unpaired) electrons. The van der Waals surface area contributed by atoms with Crippen LogP contribution in [0, 0.1) is 5.92 Å². The van der Waals surface area contributed by atoms with Crippen LogP contribution in [0.1, 0.15) is 13.8 Å². The van der Waals surface area contributed by atoms with Crippen LogP contribution < -0.4 is 10.1 Å². The number of anilines is 1. The summed E-state index contributed by atoms with van der Waals surface area (Å²) in [4.78, 5) is 28.0. The molecule has 0 saturated carbocycles. The van der Waals surface area contributed by atoms with Gasteiger partial charge in [0.25, 0.3) is 0 Å². The summed E-state index contributed by atoms with van der Waals surface area (Å²) in [7, 11) is 1.50. The van der Waals surface area contributed by atoms with Crippen LogP contribution in [0.15, 0.2) is 18.3 Å². The number of ether oxygens (including phenoxy) is 1. The second-order valence-electron chi connectivity index (χ2n) is 4.69. The molecule has 0 spiro atoms. The van der Waals surface area contributed by atoms with Gasteiger partial charge in [0.2, 0.25) is 5.88 Å². The van der Waals surface area contributed by atoms with E-state index in [-0.39, 0.29) is 12.5 Å². The van der Waals surface area contributed by atoms with E-state index >= 15 is 0 Å². The third-order valence-corrected chi connectivity index (χ3v) is 2.40. The molecule has 0 unspecified atom stereocenters. The lowest BCUT2D eigenvalue weighted by Crippen LogP contribution is -2.40. The number of pyridine rings is 1. The van der Waals surface area contributed by atoms with Gasteiger partial charge in [-0.25, -0.2) is 9.78 Å². The summed E-state index contributed by atoms with van der Waals surface area (Å²) in [6.45, 7) is 3.85. The van der Waals surface area contributed by atoms with Crippen LogP contribution in [0.4, 0.5) is 10.5 Å². The summed E-state index contributed by atoms with van der Waals surface area (Å²) < 4.78 is 4.91. The third-order valence-electron chi connectivity index (χ3n) is 2.40. The highest BCUT2D eigenvalue weighted by Gasteiger charge is 2.18. The minimum Gasteiger partial charge on any atom is -0.481 e. The average molecular weight is 281 g/mol. The number of nitrogens with one attached hydrogen (secondary N) is 1. The average Bonchev–Trinajstić information content (AvgIpc) is 2.37. The zero-order valence-corrected chi connectivity index (χ0v) is 11.8. The number of carbonyl (C=O) groups is 2. The van der Waals surface area contributed by atoms with Crippen molar-refractivity contribution in [3.05, 3.63) is 18.3 Å². The Morgan fingerprint density at radius 2 is 2.15 bits per heavy atom. The fourth-order valence-corrected chi connectivity index (χ4v) is 1.60. The number of hydrogen-bond donors (Lipinski definition) is 2. The molecular formula is C13H19N3O4. The molecule has 1 rings (SSSR count). The first-order valence-electron chi connectivity index (χ1n) is 6.20. The van der Waals surface area contributed by atoms with Crippen molar-refractivity contribution in [3.63, 3.8) is 0 Å². The molecule has 0 aliphatic rings. The van der Waals surface area contributed by atoms with Crippen molar-refractivity contribution in [1.29, 1.82) is 0 Å². The molecule has 0 aliphatic carbocycles. The van der Waals surface area contributed by atoms with Crippen molar-refractivity contribution in [2.24, 2.45) is 5.92 Å². The number of hydrogen-bond acceptors (Lipinski definition) is 4. The summed E-state index contributed by atoms with van der Waals surface area (Å²) in [6.07, 6.45) is 1.45. The minimum absolute atomic E-state index is 0.175. The second-order valence-corrected chi connectivity index (χ2v) is 4.69. The molecule has 0 aliphatic heterocycles. The first kappa shape index (κ1) is 15.7. The Morgan fingerprint density at radius 3 is 2.60 bits per heavy atom. The predicted molar refractivity (Wildman–Crippen MR) is 73.9 cm³/mol. The topological polar surface area (TPSA) is 91.8 Å². The maximum Gasteiger partial charge on any atom is 0.323 e. The Balaban J connectivity index is 2.70. The molecule has 7 heteroatoms. The Hall–Kier alpha value is -2.31. The van der Waals surface area contributed by atoms with E-state index in [9.17, 15) is 9.59 Å². The largest absolute Gasteiger partial charge is 0.481 e. The Labute approximate surface area is 117 Å². The molecule has 20 heavy (non-hydrogen) atoms. The predicted octanol–water partition coefficient (Wildman–Crippen LogP) is 1.66. The maximum atomic E-state index is 12.0. The molecule has 0 fully saturated rings. The lowest BCUT2D eigenvalue weighted by Gasteiger charge is -2.23. The highest BCUT2D eigenvalue weighted by Crippen LogP contribution is 2.12. The molecule has 1 aromatic heterocycles. The monoisotopic (exact) mass is 281 g/mol. The molecule has 0 aromatic carbocycles. The minimum atomic E-state index is -1.05. The lowest BCUT2D eigenvalue weighted by molar-refractivity contribution is -0.137. The van der Waals surface area contributed by atoms with E-state index in [1.165, 1.54) is 18.2 Å². The highest BCUT2D eigenvalue weighted by molar-refractivity contribution is 5.91. The number of carboxylic acids is 1. The van der Waals surface area contributed by atoms with E-state index in [0.717, 1.165) is 0 Å². The first-order valence-corrected chi connectivity index (χ1v) is 6.20. The van der Waals surface area contributed by atoms with Crippen LogP contribution in [0.25, 0.3) is 0 Å². The molecule has 1 heterocycles. The van der Waals surface area contributed by atoms with Gasteiger partial charge in [0.15, 0.2) is 0 Å². The number of carbonyl (C=O) groups excluding carboxylic acids is 1. The molecule has 0 bridgehead atoms. The van der Waals surface area contributed by atoms with Crippen molar-refractivity contribution in [3.8, 4) is 5.88 Å². The molecule has 2 amide bonds. The smallest absolute Gasteiger partial charge is 0.323 e. The quantitative estimate of drug-likeness (QED) is 0.827. The molecule has 7 nitrogen and oxygen atoms in total. The van der Waals surface area contributed by atoms with Crippen LogP contribution in [-0.4, -0.2) is 47.2 Å². The van der Waals surface area contributed by atoms with Gasteiger partial charge in [-0.2, -0.15) is 0 Å². The van der Waals surface area contributed by atoms with Crippen molar-refractivity contribution < 1.29 is 19.4 Å². The van der Waals surface area contributed by atoms with Gasteiger partial charge >= 0.3 is 12.0 Å². The molecule has 110 valence electrons. The number of amides is 2. The zero-order valence-electron chi connectivity index (χ0n) is 11.8. The fourth-order valence-electron chi connectivity index (χ4n) is 1.60. The van der Waals surface area contributed by atoms with Gasteiger partial charge in [0, 0.05) is 12.6 Å². The van der Waals surface area contributed by atoms with Crippen LogP contribution in [0.3, 0.4) is 0 Å². The van der Waals surface area contributed by atoms with Gasteiger partial charge in [-0.3, -0.25) is 4.79 Å². The van der Waals surface area contributed by atoms with E-state index < -0.39 is 12.0 Å². The van der Waals surface area contributed by atoms with Crippen LogP contribution in [-0.2, 0) is 4.79 Å². The molecule has 0 saturated heterocycles. The summed E-state index contributed by atoms with van der Waals surface area (Å²) in [5.74, 6) is -0.435. The molecular weight excluding hydrogens is 262 g/mol. The normalized spacial score (nSPS) is 10.2. The lowest BCUT2D eigenvalue weighted by atomic mass is 10.2. The number of methoxy groups -OCH3 is 1. The molecule has 1 aromatic rings. The van der Waals surface area contributed by atoms with E-state index in [2.05, 4.69) is 10.3 Å². The maximum absolute atomic E-state index is 12.0. The summed E-state index contributed by atoms with van der Waals surface area (Å²) >= 11 is 0. The van der Waals surface area contributed by atoms with Crippen LogP contribution >= 0.6 is 0 Å². The second kappa shape index (κ2) is 7.32. The Bertz CT molecular complexity index is 459. The van der Waals surface area contributed by atoms with Crippen molar-refractivity contribution in [2.75, 3.05) is 25.5 Å². The van der Waals surface area contributed by atoms with E-state index in [4.69, 9.17) is 9.84 Å². The van der Waals surface area contributed by atoms with Gasteiger partial charge in [-0.15, -0.1) is 0 Å². The molecule has 0 atom stereocenters. The zero-order chi connectivity index (χ0) is 15.1. The Kier molecular flexibility index (Phi) is 5.76. The third kappa shape index (κ3) is 5.13. The van der Waals surface area contributed by atoms with Crippen molar-refractivity contribution >= 4 is 17.7 Å². The first-order chi connectivity index (χ1) is 9.42. The van der Waals surface area contributed by atoms with E-state index in [0.29, 0.717) is 18.1 Å². The van der Waals surface area contributed by atoms with E-state index in [1.807, 2.05) is 13.8 Å². The van der Waals surface area contributed by atoms with Gasteiger partial charge in [0.1, 0.15) is 6.54 Å². The van der Waals surface area contributed by atoms with E-state index in [1.54, 1.807) is 12.1 Å². The van der Waals surface area contributed by atoms with Gasteiger partial charge in [-0.05, 0) is 12.0 Å². The van der Waals surface area contributed by atoms with Crippen LogP contribution in [0.2, 0.25) is 0 Å². The number of aromatic nitrogens is 1. The van der Waals surface area contributed by atoms with Crippen molar-refractivity contribution in [1.82, 2.24) is 9.88 Å². The van der Waals surface area contributed by atoms with Crippen LogP contribution in [0.5, 0.6) is 5.88 Å². The van der Waals surface area contributed by atoms with Gasteiger partial charge in [0.05, 0.1) is 19.0 Å². The van der Waals surface area contributed by atoms with Crippen molar-refractivity contribution in [2.45, 2.75) is 13.8 Å². The standard InChI is InChI=1S/C13H19N3O4/c1-9(2)7-16(8-12(17)18)13(19)15-10-4-5-11(20-3)14-6-10/h4-6,9H,7-8H2,1-3H3,(H,15,19)(H,17,18). The number of urea groups is 1. The van der Waals surface area contributed by atoms with Gasteiger partial charge < -0.3 is 20.1 Å². The highest BCUT2D eigenvalue weighted by atomic mass is 16.5. The summed E-state index contributed by atoms with van der Waals surface area (Å²) in [5, 5.41) is 11.4. The number of nitrogens with zero attached hydrogens (tertiary/aromatic N) is 2. The number of rotatable bonds is 6. The van der Waals surface area contributed by atoms with Gasteiger partial charge in [-0.1, -0.05) is 13.8 Å². The number of aliphatic carboxylic acids is 1. The SMILES string of the molecule is COc1ccc(NC(=O)N(CC(=O)O)CC(C)C)cn1. The Morgan fingerprint density at radius 1 is 1.45 bits per heavy atom. The summed E-state index contributed by atoms with van der Waals surface area (Å²) in [6, 6.07) is 2.78. The number of carboxylic acid groups (broad SMARTS) is 1.